The van der Waals surface area contributed by atoms with E-state index in [1.807, 2.05) is 43.3 Å². The summed E-state index contributed by atoms with van der Waals surface area (Å²) in [4.78, 5) is 13.0. The first-order valence-electron chi connectivity index (χ1n) is 11.4. The molecule has 2 aromatic carbocycles. The predicted octanol–water partition coefficient (Wildman–Crippen LogP) is 4.96. The third kappa shape index (κ3) is 5.21. The van der Waals surface area contributed by atoms with Gasteiger partial charge in [-0.1, -0.05) is 62.4 Å². The number of nitrogens with one attached hydrogen (secondary N) is 1. The van der Waals surface area contributed by atoms with Crippen molar-refractivity contribution in [3.8, 4) is 0 Å². The van der Waals surface area contributed by atoms with Gasteiger partial charge < -0.3 is 5.32 Å². The topological polar surface area (TPSA) is 92.3 Å². The zero-order chi connectivity index (χ0) is 24.5. The molecule has 1 atom stereocenters. The third-order valence-electron chi connectivity index (χ3n) is 6.12. The van der Waals surface area contributed by atoms with E-state index in [2.05, 4.69) is 36.3 Å². The molecule has 9 heteroatoms. The lowest BCUT2D eigenvalue weighted by molar-refractivity contribution is 0.102. The highest BCUT2D eigenvalue weighted by Crippen LogP contribution is 2.33. The molecule has 0 saturated carbocycles. The number of amides is 1. The number of para-hydroxylation sites is 1. The highest BCUT2D eigenvalue weighted by Gasteiger charge is 2.33. The van der Waals surface area contributed by atoms with Crippen molar-refractivity contribution in [2.75, 3.05) is 18.4 Å². The van der Waals surface area contributed by atoms with Gasteiger partial charge in [0.2, 0.25) is 15.0 Å². The maximum Gasteiger partial charge on any atom is 0.286 e. The SMILES string of the molecule is Cc1ccccc1NC(=O)c1nnc(C2CCCN(S(=O)(=O)c3ccc(C(C)(C)C)cc3)C2)s1. The average molecular weight is 499 g/mol. The van der Waals surface area contributed by atoms with E-state index in [0.717, 1.165) is 29.7 Å². The highest BCUT2D eigenvalue weighted by molar-refractivity contribution is 7.89. The van der Waals surface area contributed by atoms with Crippen LogP contribution in [0.2, 0.25) is 0 Å². The van der Waals surface area contributed by atoms with Crippen molar-refractivity contribution in [3.63, 3.8) is 0 Å². The van der Waals surface area contributed by atoms with Gasteiger partial charge >= 0.3 is 0 Å². The molecule has 0 bridgehead atoms. The van der Waals surface area contributed by atoms with Gasteiger partial charge in [0.25, 0.3) is 5.91 Å². The van der Waals surface area contributed by atoms with Crippen LogP contribution in [-0.2, 0) is 15.4 Å². The third-order valence-corrected chi connectivity index (χ3v) is 9.08. The molecular formula is C25H30N4O3S2. The highest BCUT2D eigenvalue weighted by atomic mass is 32.2. The summed E-state index contributed by atoms with van der Waals surface area (Å²) >= 11 is 1.23. The van der Waals surface area contributed by atoms with Crippen LogP contribution < -0.4 is 5.32 Å². The van der Waals surface area contributed by atoms with E-state index in [-0.39, 0.29) is 22.2 Å². The number of carbonyl (C=O) groups excluding carboxylic acids is 1. The van der Waals surface area contributed by atoms with Crippen LogP contribution in [0.15, 0.2) is 53.4 Å². The second-order valence-corrected chi connectivity index (χ2v) is 12.6. The number of sulfonamides is 1. The van der Waals surface area contributed by atoms with E-state index < -0.39 is 10.0 Å². The molecule has 1 amide bonds. The maximum absolute atomic E-state index is 13.3. The van der Waals surface area contributed by atoms with Crippen LogP contribution in [0.4, 0.5) is 5.69 Å². The van der Waals surface area contributed by atoms with E-state index in [1.54, 1.807) is 12.1 Å². The molecule has 1 fully saturated rings. The molecule has 180 valence electrons. The molecule has 0 aliphatic carbocycles. The Morgan fingerprint density at radius 2 is 1.79 bits per heavy atom. The number of carbonyl (C=O) groups is 1. The van der Waals surface area contributed by atoms with Crippen molar-refractivity contribution in [1.82, 2.24) is 14.5 Å². The molecule has 1 aliphatic rings. The Morgan fingerprint density at radius 1 is 1.09 bits per heavy atom. The quantitative estimate of drug-likeness (QED) is 0.536. The summed E-state index contributed by atoms with van der Waals surface area (Å²) in [5.41, 5.74) is 2.74. The summed E-state index contributed by atoms with van der Waals surface area (Å²) in [6.45, 7) is 9.03. The summed E-state index contributed by atoms with van der Waals surface area (Å²) in [5.74, 6) is -0.396. The molecule has 3 aromatic rings. The first-order valence-corrected chi connectivity index (χ1v) is 13.6. The molecule has 0 spiro atoms. The van der Waals surface area contributed by atoms with Crippen LogP contribution in [-0.4, -0.2) is 41.9 Å². The monoisotopic (exact) mass is 498 g/mol. The fourth-order valence-corrected chi connectivity index (χ4v) is 6.41. The second-order valence-electron chi connectivity index (χ2n) is 9.69. The van der Waals surface area contributed by atoms with Gasteiger partial charge in [-0.2, -0.15) is 4.31 Å². The smallest absolute Gasteiger partial charge is 0.286 e. The largest absolute Gasteiger partial charge is 0.320 e. The van der Waals surface area contributed by atoms with Gasteiger partial charge in [0.15, 0.2) is 0 Å². The summed E-state index contributed by atoms with van der Waals surface area (Å²) in [6.07, 6.45) is 1.54. The van der Waals surface area contributed by atoms with Gasteiger partial charge in [-0.15, -0.1) is 10.2 Å². The van der Waals surface area contributed by atoms with Crippen molar-refractivity contribution < 1.29 is 13.2 Å². The van der Waals surface area contributed by atoms with Gasteiger partial charge in [0.05, 0.1) is 4.90 Å². The lowest BCUT2D eigenvalue weighted by atomic mass is 9.87. The first kappa shape index (κ1) is 24.5. The van der Waals surface area contributed by atoms with E-state index >= 15 is 0 Å². The summed E-state index contributed by atoms with van der Waals surface area (Å²) < 4.78 is 28.1. The lowest BCUT2D eigenvalue weighted by Crippen LogP contribution is -2.39. The van der Waals surface area contributed by atoms with E-state index in [0.29, 0.717) is 23.0 Å². The molecule has 7 nitrogen and oxygen atoms in total. The molecule has 4 rings (SSSR count). The summed E-state index contributed by atoms with van der Waals surface area (Å²) in [6, 6.07) is 14.7. The van der Waals surface area contributed by atoms with Crippen LogP contribution in [0.25, 0.3) is 0 Å². The van der Waals surface area contributed by atoms with Crippen molar-refractivity contribution in [2.45, 2.75) is 56.8 Å². The van der Waals surface area contributed by atoms with Crippen molar-refractivity contribution in [2.24, 2.45) is 0 Å². The Bertz CT molecular complexity index is 1280. The standard InChI is InChI=1S/C25H30N4O3S2/c1-17-8-5-6-10-21(17)26-22(30)24-28-27-23(33-24)18-9-7-15-29(16-18)34(31,32)20-13-11-19(12-14-20)25(2,3)4/h5-6,8,10-14,18H,7,9,15-16H2,1-4H3,(H,26,30). The molecule has 2 heterocycles. The number of aromatic nitrogens is 2. The van der Waals surface area contributed by atoms with Gasteiger partial charge in [0.1, 0.15) is 5.01 Å². The minimum atomic E-state index is -3.61. The zero-order valence-corrected chi connectivity index (χ0v) is 21.5. The van der Waals surface area contributed by atoms with Gasteiger partial charge in [-0.05, 0) is 54.5 Å². The maximum atomic E-state index is 13.3. The predicted molar refractivity (Wildman–Crippen MR) is 135 cm³/mol. The van der Waals surface area contributed by atoms with E-state index in [9.17, 15) is 13.2 Å². The van der Waals surface area contributed by atoms with Crippen LogP contribution in [0, 0.1) is 6.92 Å². The minimum absolute atomic E-state index is 0.0421. The van der Waals surface area contributed by atoms with E-state index in [1.165, 1.54) is 15.6 Å². The normalized spacial score (nSPS) is 17.5. The lowest BCUT2D eigenvalue weighted by Gasteiger charge is -2.31. The molecule has 1 aliphatic heterocycles. The van der Waals surface area contributed by atoms with Crippen molar-refractivity contribution in [3.05, 3.63) is 69.7 Å². The second kappa shape index (κ2) is 9.56. The summed E-state index contributed by atoms with van der Waals surface area (Å²) in [7, 11) is -3.61. The van der Waals surface area contributed by atoms with Crippen LogP contribution in [0.1, 0.15) is 65.5 Å². The van der Waals surface area contributed by atoms with Crippen LogP contribution >= 0.6 is 11.3 Å². The fourth-order valence-electron chi connectivity index (χ4n) is 4.02. The molecular weight excluding hydrogens is 468 g/mol. The molecule has 1 unspecified atom stereocenters. The number of aryl methyl sites for hydroxylation is 1. The van der Waals surface area contributed by atoms with Crippen molar-refractivity contribution in [1.29, 1.82) is 0 Å². The molecule has 1 saturated heterocycles. The average Bonchev–Trinajstić information content (AvgIpc) is 3.31. The summed E-state index contributed by atoms with van der Waals surface area (Å²) in [5, 5.41) is 12.2. The van der Waals surface area contributed by atoms with Gasteiger partial charge in [-0.25, -0.2) is 8.42 Å². The van der Waals surface area contributed by atoms with Crippen LogP contribution in [0.3, 0.4) is 0 Å². The Balaban J connectivity index is 1.47. The Morgan fingerprint density at radius 3 is 2.47 bits per heavy atom. The molecule has 1 aromatic heterocycles. The minimum Gasteiger partial charge on any atom is -0.320 e. The number of hydrogen-bond acceptors (Lipinski definition) is 6. The van der Waals surface area contributed by atoms with Gasteiger partial charge in [-0.3, -0.25) is 4.79 Å². The Hall–Kier alpha value is -2.62. The van der Waals surface area contributed by atoms with Crippen molar-refractivity contribution >= 4 is 33.0 Å². The van der Waals surface area contributed by atoms with E-state index in [4.69, 9.17) is 0 Å². The molecule has 0 radical (unpaired) electrons. The van der Waals surface area contributed by atoms with Gasteiger partial charge in [0, 0.05) is 24.7 Å². The molecule has 1 N–H and O–H groups in total. The number of rotatable bonds is 5. The molecule has 34 heavy (non-hydrogen) atoms. The van der Waals surface area contributed by atoms with Crippen LogP contribution in [0.5, 0.6) is 0 Å². The Labute approximate surface area is 205 Å². The number of anilines is 1. The number of nitrogens with zero attached hydrogens (tertiary/aromatic N) is 3. The zero-order valence-electron chi connectivity index (χ0n) is 19.9. The number of hydrogen-bond donors (Lipinski definition) is 1. The first-order chi connectivity index (χ1) is 16.1. The number of benzene rings is 2. The fraction of sp³-hybridized carbons (Fsp3) is 0.400. The number of piperidine rings is 1. The Kier molecular flexibility index (Phi) is 6.89.